The molecule has 3 aromatic rings. The number of hydrogen-bond acceptors (Lipinski definition) is 8. The van der Waals surface area contributed by atoms with Gasteiger partial charge in [-0.3, -0.25) is 14.4 Å². The number of likely N-dealkylation sites (N-methyl/N-ethyl adjacent to an activating group) is 1. The monoisotopic (exact) mass is 467 g/mol. The predicted octanol–water partition coefficient (Wildman–Crippen LogP) is 1.38. The van der Waals surface area contributed by atoms with Crippen LogP contribution < -0.4 is 32.6 Å². The minimum atomic E-state index is -0.730. The van der Waals surface area contributed by atoms with Crippen LogP contribution in [0.15, 0.2) is 46.7 Å². The quantitative estimate of drug-likeness (QED) is 0.342. The third kappa shape index (κ3) is 4.59. The first-order valence-electron chi connectivity index (χ1n) is 10.4. The third-order valence-corrected chi connectivity index (χ3v) is 6.84. The van der Waals surface area contributed by atoms with Crippen LogP contribution in [0, 0.1) is 0 Å². The van der Waals surface area contributed by atoms with Crippen molar-refractivity contribution >= 4 is 40.2 Å². The molecule has 0 bridgehead atoms. The number of rotatable bonds is 6. The molecule has 1 aliphatic rings. The standard InChI is InChI=1S/C22H25N7O3S/c1-25-22(21(24)32)6-8-29(9-7-22)17-4-3-14(23)10-15(17)27-19(31)16-12-33-20(28-16)13-2-5-18(30)26-11-13/h2-5,10-12,25H,6-9,23H2,1H3,(H2,24,32)(H,26,30)(H,27,31). The van der Waals surface area contributed by atoms with E-state index in [1.165, 1.54) is 17.4 Å². The fourth-order valence-corrected chi connectivity index (χ4v) is 4.72. The highest BCUT2D eigenvalue weighted by Gasteiger charge is 2.38. The zero-order valence-corrected chi connectivity index (χ0v) is 18.9. The van der Waals surface area contributed by atoms with Gasteiger partial charge in [-0.2, -0.15) is 0 Å². The molecule has 11 heteroatoms. The molecule has 0 radical (unpaired) electrons. The molecule has 0 aliphatic carbocycles. The second kappa shape index (κ2) is 9.04. The Morgan fingerprint density at radius 1 is 1.21 bits per heavy atom. The van der Waals surface area contributed by atoms with E-state index in [1.807, 2.05) is 6.07 Å². The van der Waals surface area contributed by atoms with Crippen molar-refractivity contribution in [2.45, 2.75) is 18.4 Å². The van der Waals surface area contributed by atoms with Gasteiger partial charge in [0.1, 0.15) is 16.2 Å². The summed E-state index contributed by atoms with van der Waals surface area (Å²) < 4.78 is 0. The fraction of sp³-hybridized carbons (Fsp3) is 0.273. The van der Waals surface area contributed by atoms with E-state index in [-0.39, 0.29) is 23.1 Å². The highest BCUT2D eigenvalue weighted by atomic mass is 32.1. The first-order valence-corrected chi connectivity index (χ1v) is 11.3. The molecular formula is C22H25N7O3S. The van der Waals surface area contributed by atoms with E-state index in [1.54, 1.807) is 36.8 Å². The van der Waals surface area contributed by atoms with Crippen molar-refractivity contribution in [2.75, 3.05) is 36.1 Å². The number of nitrogen functional groups attached to an aromatic ring is 1. The molecule has 172 valence electrons. The smallest absolute Gasteiger partial charge is 0.275 e. The number of benzene rings is 1. The molecule has 3 heterocycles. The second-order valence-electron chi connectivity index (χ2n) is 7.89. The lowest BCUT2D eigenvalue weighted by Gasteiger charge is -2.41. The summed E-state index contributed by atoms with van der Waals surface area (Å²) in [5.74, 6) is -0.732. The largest absolute Gasteiger partial charge is 0.399 e. The number of primary amides is 1. The molecule has 1 aliphatic heterocycles. The van der Waals surface area contributed by atoms with Crippen molar-refractivity contribution in [2.24, 2.45) is 5.73 Å². The number of carbonyl (C=O) groups is 2. The highest BCUT2D eigenvalue weighted by Crippen LogP contribution is 2.33. The van der Waals surface area contributed by atoms with Gasteiger partial charge in [0.15, 0.2) is 0 Å². The summed E-state index contributed by atoms with van der Waals surface area (Å²) in [5, 5.41) is 8.27. The zero-order chi connectivity index (χ0) is 23.6. The van der Waals surface area contributed by atoms with Gasteiger partial charge in [0.2, 0.25) is 11.5 Å². The Hall–Kier alpha value is -3.70. The molecule has 7 N–H and O–H groups in total. The average Bonchev–Trinajstić information content (AvgIpc) is 3.30. The number of piperidine rings is 1. The molecule has 0 saturated carbocycles. The Kier molecular flexibility index (Phi) is 6.16. The van der Waals surface area contributed by atoms with E-state index >= 15 is 0 Å². The van der Waals surface area contributed by atoms with Crippen molar-refractivity contribution in [1.29, 1.82) is 0 Å². The van der Waals surface area contributed by atoms with Crippen LogP contribution in [0.4, 0.5) is 17.1 Å². The number of carbonyl (C=O) groups excluding carboxylic acids is 2. The molecule has 4 rings (SSSR count). The van der Waals surface area contributed by atoms with E-state index < -0.39 is 5.54 Å². The fourth-order valence-electron chi connectivity index (χ4n) is 3.92. The van der Waals surface area contributed by atoms with Crippen LogP contribution in [0.5, 0.6) is 0 Å². The summed E-state index contributed by atoms with van der Waals surface area (Å²) >= 11 is 1.31. The molecule has 1 saturated heterocycles. The summed E-state index contributed by atoms with van der Waals surface area (Å²) in [5.41, 5.74) is 13.5. The predicted molar refractivity (Wildman–Crippen MR) is 129 cm³/mol. The summed E-state index contributed by atoms with van der Waals surface area (Å²) in [4.78, 5) is 45.2. The van der Waals surface area contributed by atoms with Gasteiger partial charge in [0.25, 0.3) is 5.91 Å². The maximum atomic E-state index is 12.9. The lowest BCUT2D eigenvalue weighted by molar-refractivity contribution is -0.125. The molecule has 10 nitrogen and oxygen atoms in total. The number of H-pyrrole nitrogens is 1. The first kappa shape index (κ1) is 22.5. The first-order chi connectivity index (χ1) is 15.8. The van der Waals surface area contributed by atoms with Gasteiger partial charge in [-0.15, -0.1) is 11.3 Å². The van der Waals surface area contributed by atoms with Crippen LogP contribution >= 0.6 is 11.3 Å². The number of anilines is 3. The Balaban J connectivity index is 1.53. The summed E-state index contributed by atoms with van der Waals surface area (Å²) in [6.07, 6.45) is 2.66. The average molecular weight is 468 g/mol. The maximum absolute atomic E-state index is 12.9. The number of nitrogens with two attached hydrogens (primary N) is 2. The number of pyridine rings is 1. The van der Waals surface area contributed by atoms with Gasteiger partial charge in [0.05, 0.1) is 11.4 Å². The Labute approximate surface area is 194 Å². The van der Waals surface area contributed by atoms with E-state index in [2.05, 4.69) is 25.5 Å². The van der Waals surface area contributed by atoms with Crippen molar-refractivity contribution < 1.29 is 9.59 Å². The van der Waals surface area contributed by atoms with Crippen molar-refractivity contribution in [3.05, 3.63) is 58.0 Å². The lowest BCUT2D eigenvalue weighted by atomic mass is 9.86. The molecule has 1 aromatic carbocycles. The van der Waals surface area contributed by atoms with Gasteiger partial charge < -0.3 is 32.0 Å². The molecule has 33 heavy (non-hydrogen) atoms. The number of nitrogens with zero attached hydrogens (tertiary/aromatic N) is 2. The number of aromatic nitrogens is 2. The highest BCUT2D eigenvalue weighted by molar-refractivity contribution is 7.13. The van der Waals surface area contributed by atoms with Gasteiger partial charge in [-0.1, -0.05) is 0 Å². The molecule has 0 unspecified atom stereocenters. The van der Waals surface area contributed by atoms with Gasteiger partial charge >= 0.3 is 0 Å². The van der Waals surface area contributed by atoms with Crippen molar-refractivity contribution in [3.63, 3.8) is 0 Å². The number of thiazole rings is 1. The maximum Gasteiger partial charge on any atom is 0.275 e. The molecule has 2 amide bonds. The SMILES string of the molecule is CNC1(C(N)=O)CCN(c2ccc(N)cc2NC(=O)c2csc(-c3ccc(=O)[nH]c3)n2)CC1. The molecule has 2 aromatic heterocycles. The molecule has 0 atom stereocenters. The summed E-state index contributed by atoms with van der Waals surface area (Å²) in [6, 6.07) is 8.40. The number of amides is 2. The second-order valence-corrected chi connectivity index (χ2v) is 8.75. The minimum absolute atomic E-state index is 0.206. The Bertz CT molecular complexity index is 1220. The number of aromatic amines is 1. The Morgan fingerprint density at radius 2 is 1.97 bits per heavy atom. The van der Waals surface area contributed by atoms with Crippen molar-refractivity contribution in [1.82, 2.24) is 15.3 Å². The summed E-state index contributed by atoms with van der Waals surface area (Å²) in [6.45, 7) is 1.17. The van der Waals surface area contributed by atoms with Crippen LogP contribution in [0.3, 0.4) is 0 Å². The normalized spacial score (nSPS) is 15.2. The van der Waals surface area contributed by atoms with Gasteiger partial charge in [-0.05, 0) is 44.2 Å². The van der Waals surface area contributed by atoms with Crippen LogP contribution in [-0.2, 0) is 4.79 Å². The van der Waals surface area contributed by atoms with E-state index in [4.69, 9.17) is 11.5 Å². The number of nitrogens with one attached hydrogen (secondary N) is 3. The van der Waals surface area contributed by atoms with Crippen molar-refractivity contribution in [3.8, 4) is 10.6 Å². The van der Waals surface area contributed by atoms with E-state index in [0.29, 0.717) is 42.3 Å². The topological polar surface area (TPSA) is 159 Å². The van der Waals surface area contributed by atoms with E-state index in [9.17, 15) is 14.4 Å². The van der Waals surface area contributed by atoms with Gasteiger partial charge in [-0.25, -0.2) is 4.98 Å². The molecule has 0 spiro atoms. The lowest BCUT2D eigenvalue weighted by Crippen LogP contribution is -2.59. The zero-order valence-electron chi connectivity index (χ0n) is 18.1. The van der Waals surface area contributed by atoms with Crippen LogP contribution in [0.1, 0.15) is 23.3 Å². The molecule has 1 fully saturated rings. The third-order valence-electron chi connectivity index (χ3n) is 5.94. The Morgan fingerprint density at radius 3 is 2.61 bits per heavy atom. The van der Waals surface area contributed by atoms with E-state index in [0.717, 1.165) is 11.3 Å². The van der Waals surface area contributed by atoms with Crippen LogP contribution in [-0.4, -0.2) is 47.5 Å². The van der Waals surface area contributed by atoms with Gasteiger partial charge in [0, 0.05) is 42.0 Å². The molecular weight excluding hydrogens is 442 g/mol. The summed E-state index contributed by atoms with van der Waals surface area (Å²) in [7, 11) is 1.74. The van der Waals surface area contributed by atoms with Crippen LogP contribution in [0.25, 0.3) is 10.6 Å². The van der Waals surface area contributed by atoms with Crippen LogP contribution in [0.2, 0.25) is 0 Å². The minimum Gasteiger partial charge on any atom is -0.399 e. The number of hydrogen-bond donors (Lipinski definition) is 5.